The van der Waals surface area contributed by atoms with Crippen LogP contribution in [-0.2, 0) is 11.2 Å². The van der Waals surface area contributed by atoms with Crippen molar-refractivity contribution >= 4 is 11.9 Å². The van der Waals surface area contributed by atoms with Gasteiger partial charge in [0.25, 0.3) is 5.91 Å². The standard InChI is InChI=1S/C16H22N2O3/c1-17-9-8-11-4-2-3-5-13(11)16(21)18-14(10-15(19)20)12-6-7-12/h2-5,12,14,17H,6-10H2,1H3,(H,18,21)(H,19,20). The van der Waals surface area contributed by atoms with Gasteiger partial charge in [0.1, 0.15) is 0 Å². The average molecular weight is 290 g/mol. The molecule has 1 saturated carbocycles. The van der Waals surface area contributed by atoms with Crippen molar-refractivity contribution in [3.63, 3.8) is 0 Å². The Kier molecular flexibility index (Phi) is 5.33. The molecule has 21 heavy (non-hydrogen) atoms. The minimum Gasteiger partial charge on any atom is -0.481 e. The number of carbonyl (C=O) groups excluding carboxylic acids is 1. The molecule has 0 saturated heterocycles. The molecule has 2 rings (SSSR count). The molecule has 1 aromatic carbocycles. The monoisotopic (exact) mass is 290 g/mol. The number of carboxylic acids is 1. The van der Waals surface area contributed by atoms with Gasteiger partial charge in [-0.15, -0.1) is 0 Å². The molecule has 114 valence electrons. The van der Waals surface area contributed by atoms with Crippen LogP contribution in [0.5, 0.6) is 0 Å². The zero-order chi connectivity index (χ0) is 15.2. The second-order valence-electron chi connectivity index (χ2n) is 5.53. The van der Waals surface area contributed by atoms with Crippen LogP contribution in [0, 0.1) is 5.92 Å². The summed E-state index contributed by atoms with van der Waals surface area (Å²) in [7, 11) is 1.87. The summed E-state index contributed by atoms with van der Waals surface area (Å²) in [6, 6.07) is 7.23. The van der Waals surface area contributed by atoms with Crippen molar-refractivity contribution < 1.29 is 14.7 Å². The smallest absolute Gasteiger partial charge is 0.305 e. The van der Waals surface area contributed by atoms with Gasteiger partial charge in [0.05, 0.1) is 6.42 Å². The van der Waals surface area contributed by atoms with Crippen LogP contribution in [-0.4, -0.2) is 36.6 Å². The summed E-state index contributed by atoms with van der Waals surface area (Å²) in [6.45, 7) is 0.797. The quantitative estimate of drug-likeness (QED) is 0.677. The van der Waals surface area contributed by atoms with Crippen molar-refractivity contribution in [2.45, 2.75) is 31.7 Å². The van der Waals surface area contributed by atoms with Crippen LogP contribution in [0.15, 0.2) is 24.3 Å². The van der Waals surface area contributed by atoms with Crippen LogP contribution in [0.4, 0.5) is 0 Å². The van der Waals surface area contributed by atoms with E-state index in [2.05, 4.69) is 10.6 Å². The SMILES string of the molecule is CNCCc1ccccc1C(=O)NC(CC(=O)O)C1CC1. The van der Waals surface area contributed by atoms with Crippen LogP contribution < -0.4 is 10.6 Å². The summed E-state index contributed by atoms with van der Waals surface area (Å²) >= 11 is 0. The Morgan fingerprint density at radius 1 is 1.33 bits per heavy atom. The summed E-state index contributed by atoms with van der Waals surface area (Å²) in [5, 5.41) is 14.9. The second-order valence-corrected chi connectivity index (χ2v) is 5.53. The van der Waals surface area contributed by atoms with Crippen molar-refractivity contribution in [1.29, 1.82) is 0 Å². The molecule has 5 heteroatoms. The Bertz CT molecular complexity index is 512. The fraction of sp³-hybridized carbons (Fsp3) is 0.500. The van der Waals surface area contributed by atoms with Crippen molar-refractivity contribution in [2.24, 2.45) is 5.92 Å². The molecule has 1 amide bonds. The summed E-state index contributed by atoms with van der Waals surface area (Å²) in [4.78, 5) is 23.3. The molecule has 0 spiro atoms. The van der Waals surface area contributed by atoms with Crippen molar-refractivity contribution in [1.82, 2.24) is 10.6 Å². The van der Waals surface area contributed by atoms with Crippen LogP contribution in [0.1, 0.15) is 35.2 Å². The highest BCUT2D eigenvalue weighted by atomic mass is 16.4. The molecule has 3 N–H and O–H groups in total. The third-order valence-electron chi connectivity index (χ3n) is 3.81. The molecule has 5 nitrogen and oxygen atoms in total. The molecule has 1 aliphatic carbocycles. The zero-order valence-electron chi connectivity index (χ0n) is 12.3. The summed E-state index contributed by atoms with van der Waals surface area (Å²) in [5.74, 6) is -0.718. The fourth-order valence-corrected chi connectivity index (χ4v) is 2.49. The number of nitrogens with one attached hydrogen (secondary N) is 2. The Balaban J connectivity index is 2.06. The topological polar surface area (TPSA) is 78.4 Å². The number of aliphatic carboxylic acids is 1. The molecular weight excluding hydrogens is 268 g/mol. The number of carbonyl (C=O) groups is 2. The van der Waals surface area contributed by atoms with E-state index in [1.165, 1.54) is 0 Å². The first-order valence-electron chi connectivity index (χ1n) is 7.37. The maximum atomic E-state index is 12.4. The van der Waals surface area contributed by atoms with Gasteiger partial charge in [-0.3, -0.25) is 9.59 Å². The van der Waals surface area contributed by atoms with Gasteiger partial charge in [-0.1, -0.05) is 18.2 Å². The predicted octanol–water partition coefficient (Wildman–Crippen LogP) is 1.43. The van der Waals surface area contributed by atoms with E-state index < -0.39 is 5.97 Å². The number of benzene rings is 1. The normalized spacial score (nSPS) is 15.5. The molecule has 1 aromatic rings. The molecule has 1 atom stereocenters. The number of rotatable bonds is 8. The number of amides is 1. The number of carboxylic acid groups (broad SMARTS) is 1. The van der Waals surface area contributed by atoms with Gasteiger partial charge in [-0.2, -0.15) is 0 Å². The van der Waals surface area contributed by atoms with Gasteiger partial charge >= 0.3 is 5.97 Å². The first-order chi connectivity index (χ1) is 10.1. The van der Waals surface area contributed by atoms with Crippen LogP contribution in [0.2, 0.25) is 0 Å². The van der Waals surface area contributed by atoms with E-state index in [1.54, 1.807) is 6.07 Å². The highest BCUT2D eigenvalue weighted by Gasteiger charge is 2.34. The molecule has 1 aliphatic rings. The summed E-state index contributed by atoms with van der Waals surface area (Å²) in [6.07, 6.45) is 2.77. The van der Waals surface area contributed by atoms with Crippen molar-refractivity contribution in [3.8, 4) is 0 Å². The lowest BCUT2D eigenvalue weighted by molar-refractivity contribution is -0.137. The molecule has 1 unspecified atom stereocenters. The largest absolute Gasteiger partial charge is 0.481 e. The Labute approximate surface area is 124 Å². The molecule has 0 bridgehead atoms. The van der Waals surface area contributed by atoms with Gasteiger partial charge in [0.15, 0.2) is 0 Å². The highest BCUT2D eigenvalue weighted by molar-refractivity contribution is 5.96. The second kappa shape index (κ2) is 7.22. The lowest BCUT2D eigenvalue weighted by Crippen LogP contribution is -2.38. The first kappa shape index (κ1) is 15.5. The van der Waals surface area contributed by atoms with Gasteiger partial charge in [0, 0.05) is 11.6 Å². The van der Waals surface area contributed by atoms with Gasteiger partial charge in [-0.05, 0) is 50.4 Å². The minimum absolute atomic E-state index is 0.00487. The van der Waals surface area contributed by atoms with Crippen LogP contribution >= 0.6 is 0 Å². The minimum atomic E-state index is -0.865. The predicted molar refractivity (Wildman–Crippen MR) is 80.3 cm³/mol. The zero-order valence-corrected chi connectivity index (χ0v) is 12.3. The van der Waals surface area contributed by atoms with E-state index in [4.69, 9.17) is 5.11 Å². The van der Waals surface area contributed by atoms with E-state index in [0.29, 0.717) is 11.5 Å². The third kappa shape index (κ3) is 4.56. The number of hydrogen-bond acceptors (Lipinski definition) is 3. The average Bonchev–Trinajstić information content (AvgIpc) is 3.28. The van der Waals surface area contributed by atoms with Crippen molar-refractivity contribution in [3.05, 3.63) is 35.4 Å². The first-order valence-corrected chi connectivity index (χ1v) is 7.37. The summed E-state index contributed by atoms with van der Waals surface area (Å²) in [5.41, 5.74) is 1.62. The molecule has 0 aliphatic heterocycles. The Hall–Kier alpha value is -1.88. The van der Waals surface area contributed by atoms with Gasteiger partial charge in [-0.25, -0.2) is 0 Å². The fourth-order valence-electron chi connectivity index (χ4n) is 2.49. The van der Waals surface area contributed by atoms with Crippen LogP contribution in [0.25, 0.3) is 0 Å². The van der Waals surface area contributed by atoms with E-state index in [0.717, 1.165) is 31.4 Å². The van der Waals surface area contributed by atoms with Crippen LogP contribution in [0.3, 0.4) is 0 Å². The molecule has 0 radical (unpaired) electrons. The lowest BCUT2D eigenvalue weighted by atomic mass is 10.0. The van der Waals surface area contributed by atoms with E-state index in [1.807, 2.05) is 25.2 Å². The van der Waals surface area contributed by atoms with E-state index in [-0.39, 0.29) is 18.4 Å². The van der Waals surface area contributed by atoms with E-state index >= 15 is 0 Å². The molecule has 1 fully saturated rings. The highest BCUT2D eigenvalue weighted by Crippen LogP contribution is 2.34. The Morgan fingerprint density at radius 3 is 2.67 bits per heavy atom. The maximum Gasteiger partial charge on any atom is 0.305 e. The third-order valence-corrected chi connectivity index (χ3v) is 3.81. The molecule has 0 heterocycles. The lowest BCUT2D eigenvalue weighted by Gasteiger charge is -2.17. The van der Waals surface area contributed by atoms with Crippen molar-refractivity contribution in [2.75, 3.05) is 13.6 Å². The van der Waals surface area contributed by atoms with Gasteiger partial charge in [0.2, 0.25) is 0 Å². The van der Waals surface area contributed by atoms with E-state index in [9.17, 15) is 9.59 Å². The number of hydrogen-bond donors (Lipinski definition) is 3. The Morgan fingerprint density at radius 2 is 2.05 bits per heavy atom. The maximum absolute atomic E-state index is 12.4. The number of likely N-dealkylation sites (N-methyl/N-ethyl adjacent to an activating group) is 1. The molecular formula is C16H22N2O3. The molecule has 0 aromatic heterocycles. The van der Waals surface area contributed by atoms with Gasteiger partial charge < -0.3 is 15.7 Å². The summed E-state index contributed by atoms with van der Waals surface area (Å²) < 4.78 is 0.